The van der Waals surface area contributed by atoms with Gasteiger partial charge in [0.25, 0.3) is 0 Å². The number of rotatable bonds is 0. The molecule has 0 saturated carbocycles. The molecule has 0 unspecified atom stereocenters. The SMILES string of the molecule is CC(=N)N.CCO.Cl. The van der Waals surface area contributed by atoms with Crippen molar-refractivity contribution in [2.45, 2.75) is 13.8 Å². The largest absolute Gasteiger partial charge is 0.397 e. The lowest BCUT2D eigenvalue weighted by Gasteiger charge is -1.66. The van der Waals surface area contributed by atoms with Crippen LogP contribution in [0.1, 0.15) is 13.8 Å². The monoisotopic (exact) mass is 140 g/mol. The molecule has 0 heterocycles. The van der Waals surface area contributed by atoms with Gasteiger partial charge >= 0.3 is 0 Å². The van der Waals surface area contributed by atoms with Gasteiger partial charge in [0.15, 0.2) is 0 Å². The molecule has 0 aromatic heterocycles. The van der Waals surface area contributed by atoms with Gasteiger partial charge in [-0.2, -0.15) is 0 Å². The zero-order chi connectivity index (χ0) is 6.28. The highest BCUT2D eigenvalue weighted by atomic mass is 35.5. The van der Waals surface area contributed by atoms with Crippen LogP contribution in [0.25, 0.3) is 0 Å². The second-order valence-corrected chi connectivity index (χ2v) is 0.999. The Morgan fingerprint density at radius 2 is 1.75 bits per heavy atom. The number of hydrogen-bond donors (Lipinski definition) is 3. The first kappa shape index (κ1) is 15.6. The van der Waals surface area contributed by atoms with Crippen LogP contribution >= 0.6 is 12.4 Å². The number of aliphatic hydroxyl groups is 1. The molecule has 0 amide bonds. The lowest BCUT2D eigenvalue weighted by atomic mass is 10.8. The van der Waals surface area contributed by atoms with Crippen LogP contribution in [0.2, 0.25) is 0 Å². The second kappa shape index (κ2) is 15.9. The number of nitrogens with one attached hydrogen (secondary N) is 1. The van der Waals surface area contributed by atoms with Crippen molar-refractivity contribution >= 4 is 18.2 Å². The third kappa shape index (κ3) is 1630. The highest BCUT2D eigenvalue weighted by molar-refractivity contribution is 5.85. The van der Waals surface area contributed by atoms with Crippen LogP contribution < -0.4 is 5.73 Å². The Balaban J connectivity index is -0.0000000575. The summed E-state index contributed by atoms with van der Waals surface area (Å²) in [5, 5.41) is 13.8. The Hall–Kier alpha value is -0.280. The molecule has 0 aliphatic carbocycles. The van der Waals surface area contributed by atoms with E-state index in [9.17, 15) is 0 Å². The summed E-state index contributed by atoms with van der Waals surface area (Å²) >= 11 is 0. The third-order valence-electron chi connectivity index (χ3n) is 0. The molecule has 0 aromatic carbocycles. The van der Waals surface area contributed by atoms with E-state index < -0.39 is 0 Å². The maximum absolute atomic E-state index is 7.57. The number of nitrogens with two attached hydrogens (primary N) is 1. The normalized spacial score (nSPS) is 5.38. The summed E-state index contributed by atoms with van der Waals surface area (Å²) < 4.78 is 0. The van der Waals surface area contributed by atoms with E-state index in [0.29, 0.717) is 0 Å². The molecule has 0 radical (unpaired) electrons. The van der Waals surface area contributed by atoms with Gasteiger partial charge in [0, 0.05) is 6.61 Å². The molecule has 0 aliphatic rings. The number of hydrogen-bond acceptors (Lipinski definition) is 2. The minimum atomic E-state index is 0. The molecule has 0 fully saturated rings. The van der Waals surface area contributed by atoms with Crippen molar-refractivity contribution in [2.75, 3.05) is 6.61 Å². The highest BCUT2D eigenvalue weighted by Crippen LogP contribution is 1.36. The van der Waals surface area contributed by atoms with Crippen LogP contribution in [0.15, 0.2) is 0 Å². The number of amidine groups is 1. The molecular weight excluding hydrogens is 128 g/mol. The molecule has 0 atom stereocenters. The van der Waals surface area contributed by atoms with Gasteiger partial charge in [-0.1, -0.05) is 0 Å². The van der Waals surface area contributed by atoms with Crippen molar-refractivity contribution in [3.05, 3.63) is 0 Å². The first-order chi connectivity index (χ1) is 3.15. The molecule has 52 valence electrons. The Labute approximate surface area is 55.8 Å². The molecule has 0 aromatic rings. The van der Waals surface area contributed by atoms with E-state index in [2.05, 4.69) is 0 Å². The number of halogens is 1. The fourth-order valence-corrected chi connectivity index (χ4v) is 0. The van der Waals surface area contributed by atoms with E-state index in [4.69, 9.17) is 16.2 Å². The van der Waals surface area contributed by atoms with Crippen molar-refractivity contribution in [3.63, 3.8) is 0 Å². The van der Waals surface area contributed by atoms with Crippen LogP contribution in [0.4, 0.5) is 0 Å². The standard InChI is InChI=1S/C2H6N2.C2H6O.ClH/c1-2(3)4;1-2-3;/h1H3,(H3,3,4);3H,2H2,1H3;1H. The fourth-order valence-electron chi connectivity index (χ4n) is 0. The van der Waals surface area contributed by atoms with Crippen LogP contribution in [0.5, 0.6) is 0 Å². The zero-order valence-corrected chi connectivity index (χ0v) is 5.96. The van der Waals surface area contributed by atoms with Gasteiger partial charge in [-0.15, -0.1) is 12.4 Å². The summed E-state index contributed by atoms with van der Waals surface area (Å²) in [7, 11) is 0. The van der Waals surface area contributed by atoms with Gasteiger partial charge in [-0.3, -0.25) is 5.41 Å². The average Bonchev–Trinajstić information content (AvgIpc) is 1.33. The lowest BCUT2D eigenvalue weighted by Crippen LogP contribution is -2.00. The van der Waals surface area contributed by atoms with Crippen molar-refractivity contribution in [1.82, 2.24) is 0 Å². The summed E-state index contributed by atoms with van der Waals surface area (Å²) in [6.07, 6.45) is 0. The first-order valence-corrected chi connectivity index (χ1v) is 2.06. The Morgan fingerprint density at radius 1 is 1.75 bits per heavy atom. The zero-order valence-electron chi connectivity index (χ0n) is 5.14. The molecule has 0 bridgehead atoms. The quantitative estimate of drug-likeness (QED) is 0.336. The molecule has 0 rings (SSSR count). The van der Waals surface area contributed by atoms with E-state index in [1.807, 2.05) is 0 Å². The Bertz CT molecular complexity index is 45.3. The maximum Gasteiger partial charge on any atom is 0.0873 e. The van der Waals surface area contributed by atoms with Crippen molar-refractivity contribution in [3.8, 4) is 0 Å². The van der Waals surface area contributed by atoms with Gasteiger partial charge in [0.2, 0.25) is 0 Å². The van der Waals surface area contributed by atoms with Crippen LogP contribution in [-0.4, -0.2) is 17.5 Å². The topological polar surface area (TPSA) is 70.1 Å². The molecule has 4 N–H and O–H groups in total. The maximum atomic E-state index is 7.57. The molecule has 0 spiro atoms. The molecule has 8 heavy (non-hydrogen) atoms. The molecule has 0 aliphatic heterocycles. The van der Waals surface area contributed by atoms with E-state index >= 15 is 0 Å². The summed E-state index contributed by atoms with van der Waals surface area (Å²) in [6.45, 7) is 3.46. The van der Waals surface area contributed by atoms with E-state index in [0.717, 1.165) is 0 Å². The predicted octanol–water partition coefficient (Wildman–Crippen LogP) is 0.363. The van der Waals surface area contributed by atoms with Gasteiger partial charge in [-0.05, 0) is 13.8 Å². The van der Waals surface area contributed by atoms with Gasteiger partial charge in [0.05, 0.1) is 5.84 Å². The average molecular weight is 141 g/mol. The Morgan fingerprint density at radius 3 is 1.75 bits per heavy atom. The minimum Gasteiger partial charge on any atom is -0.397 e. The van der Waals surface area contributed by atoms with Gasteiger partial charge in [0.1, 0.15) is 0 Å². The van der Waals surface area contributed by atoms with Crippen LogP contribution in [0, 0.1) is 5.41 Å². The van der Waals surface area contributed by atoms with Crippen molar-refractivity contribution in [1.29, 1.82) is 5.41 Å². The summed E-state index contributed by atoms with van der Waals surface area (Å²) in [4.78, 5) is 0. The summed E-state index contributed by atoms with van der Waals surface area (Å²) in [5.74, 6) is 0.167. The van der Waals surface area contributed by atoms with E-state index in [-0.39, 0.29) is 24.8 Å². The van der Waals surface area contributed by atoms with Crippen molar-refractivity contribution < 1.29 is 5.11 Å². The smallest absolute Gasteiger partial charge is 0.0873 e. The second-order valence-electron chi connectivity index (χ2n) is 0.999. The first-order valence-electron chi connectivity index (χ1n) is 2.06. The van der Waals surface area contributed by atoms with Gasteiger partial charge in [-0.25, -0.2) is 0 Å². The lowest BCUT2D eigenvalue weighted by molar-refractivity contribution is 0.318. The molecule has 0 saturated heterocycles. The van der Waals surface area contributed by atoms with Crippen LogP contribution in [-0.2, 0) is 0 Å². The fraction of sp³-hybridized carbons (Fsp3) is 0.750. The highest BCUT2D eigenvalue weighted by Gasteiger charge is 1.53. The van der Waals surface area contributed by atoms with Gasteiger partial charge < -0.3 is 10.8 Å². The predicted molar refractivity (Wildman–Crippen MR) is 37.6 cm³/mol. The molecular formula is C4H13ClN2O. The van der Waals surface area contributed by atoms with E-state index in [1.54, 1.807) is 6.92 Å². The van der Waals surface area contributed by atoms with E-state index in [1.165, 1.54) is 6.92 Å². The third-order valence-corrected chi connectivity index (χ3v) is 0. The molecule has 4 heteroatoms. The minimum absolute atomic E-state index is 0. The molecule has 3 nitrogen and oxygen atoms in total. The van der Waals surface area contributed by atoms with Crippen LogP contribution in [0.3, 0.4) is 0 Å². The summed E-state index contributed by atoms with van der Waals surface area (Å²) in [6, 6.07) is 0. The summed E-state index contributed by atoms with van der Waals surface area (Å²) in [5.41, 5.74) is 4.69. The van der Waals surface area contributed by atoms with Crippen molar-refractivity contribution in [2.24, 2.45) is 5.73 Å². The number of aliphatic hydroxyl groups excluding tert-OH is 1. The Kier molecular flexibility index (Phi) is 31.1.